The van der Waals surface area contributed by atoms with Gasteiger partial charge >= 0.3 is 0 Å². The molecule has 43 heavy (non-hydrogen) atoms. The van der Waals surface area contributed by atoms with Crippen LogP contribution < -0.4 is 4.90 Å². The van der Waals surface area contributed by atoms with E-state index in [0.29, 0.717) is 0 Å². The Bertz CT molecular complexity index is 2410. The summed E-state index contributed by atoms with van der Waals surface area (Å²) in [7, 11) is 0. The summed E-state index contributed by atoms with van der Waals surface area (Å²) in [6.45, 7) is 4.70. The molecule has 0 atom stereocenters. The average molecular weight is 608 g/mol. The molecule has 2 heterocycles. The molecule has 0 unspecified atom stereocenters. The number of nitrogens with zero attached hydrogens (tertiary/aromatic N) is 1. The molecular formula is C39H26ClNS2. The maximum absolute atomic E-state index is 6.37. The Morgan fingerprint density at radius 1 is 0.488 bits per heavy atom. The van der Waals surface area contributed by atoms with Crippen molar-refractivity contribution in [2.75, 3.05) is 4.90 Å². The normalized spacial score (nSPS) is 13.7. The molecule has 4 heteroatoms. The van der Waals surface area contributed by atoms with Gasteiger partial charge in [-0.15, -0.1) is 22.7 Å². The van der Waals surface area contributed by atoms with E-state index in [1.165, 1.54) is 68.3 Å². The molecule has 0 N–H and O–H groups in total. The fourth-order valence-electron chi connectivity index (χ4n) is 7.01. The fourth-order valence-corrected chi connectivity index (χ4v) is 9.46. The van der Waals surface area contributed by atoms with Crippen LogP contribution in [0.15, 0.2) is 121 Å². The minimum absolute atomic E-state index is 0.0755. The molecule has 0 bridgehead atoms. The van der Waals surface area contributed by atoms with Crippen LogP contribution in [-0.2, 0) is 5.41 Å². The van der Waals surface area contributed by atoms with Crippen molar-refractivity contribution in [3.8, 4) is 11.1 Å². The van der Waals surface area contributed by atoms with Gasteiger partial charge in [-0.05, 0) is 89.0 Å². The number of hydrogen-bond donors (Lipinski definition) is 0. The number of anilines is 3. The van der Waals surface area contributed by atoms with E-state index in [1.54, 1.807) is 11.3 Å². The molecular weight excluding hydrogens is 582 g/mol. The molecule has 0 saturated carbocycles. The van der Waals surface area contributed by atoms with Gasteiger partial charge in [0, 0.05) is 67.8 Å². The predicted octanol–water partition coefficient (Wildman–Crippen LogP) is 12.9. The van der Waals surface area contributed by atoms with Gasteiger partial charge in [0.25, 0.3) is 0 Å². The quantitative estimate of drug-likeness (QED) is 0.193. The first-order chi connectivity index (χ1) is 21.0. The van der Waals surface area contributed by atoms with Crippen LogP contribution in [0.1, 0.15) is 25.0 Å². The van der Waals surface area contributed by atoms with E-state index in [2.05, 4.69) is 134 Å². The molecule has 8 aromatic rings. The summed E-state index contributed by atoms with van der Waals surface area (Å²) in [5.41, 5.74) is 8.84. The molecule has 1 aliphatic carbocycles. The molecule has 0 saturated heterocycles. The number of thiophene rings is 2. The Labute approximate surface area is 263 Å². The van der Waals surface area contributed by atoms with E-state index < -0.39 is 0 Å². The SMILES string of the molecule is CC1(C)c2ccccc2-c2ccc(N(c3ccc4sc5ccccc5c4c3)c3ccc4sc5cc(Cl)ccc5c4c3)cc21. The highest BCUT2D eigenvalue weighted by atomic mass is 35.5. The Hall–Kier alpha value is -4.15. The highest BCUT2D eigenvalue weighted by molar-refractivity contribution is 7.26. The lowest BCUT2D eigenvalue weighted by Crippen LogP contribution is -2.16. The van der Waals surface area contributed by atoms with E-state index in [4.69, 9.17) is 11.6 Å². The first kappa shape index (κ1) is 25.4. The summed E-state index contributed by atoms with van der Waals surface area (Å²) in [5, 5.41) is 5.89. The zero-order valence-corrected chi connectivity index (χ0v) is 26.1. The smallest absolute Gasteiger partial charge is 0.0468 e. The zero-order valence-electron chi connectivity index (χ0n) is 23.7. The number of halogens is 1. The minimum atomic E-state index is -0.0755. The van der Waals surface area contributed by atoms with Crippen LogP contribution in [0, 0.1) is 0 Å². The van der Waals surface area contributed by atoms with E-state index in [9.17, 15) is 0 Å². The molecule has 1 nitrogen and oxygen atoms in total. The van der Waals surface area contributed by atoms with Gasteiger partial charge in [-0.1, -0.05) is 80.0 Å². The Kier molecular flexibility index (Phi) is 5.41. The van der Waals surface area contributed by atoms with Gasteiger partial charge in [-0.25, -0.2) is 0 Å². The van der Waals surface area contributed by atoms with Gasteiger partial charge in [0.05, 0.1) is 0 Å². The second-order valence-corrected chi connectivity index (χ2v) is 14.5. The average Bonchev–Trinajstić information content (AvgIpc) is 3.65. The number of benzene rings is 6. The Balaban J connectivity index is 1.29. The van der Waals surface area contributed by atoms with Crippen molar-refractivity contribution in [3.05, 3.63) is 137 Å². The summed E-state index contributed by atoms with van der Waals surface area (Å²) < 4.78 is 5.12. The standard InChI is InChI=1S/C39H26ClNS2/c1-39(2)33-9-5-3-7-27(33)28-16-12-26(22-34(28)39)41(24-13-17-36-31(20-24)29-8-4-6-10-35(29)42-36)25-14-18-37-32(21-25)30-15-11-23(40)19-38(30)43-37/h3-22H,1-2H3. The summed E-state index contributed by atoms with van der Waals surface area (Å²) in [4.78, 5) is 2.43. The van der Waals surface area contributed by atoms with Crippen molar-refractivity contribution in [2.45, 2.75) is 19.3 Å². The fraction of sp³-hybridized carbons (Fsp3) is 0.0769. The Morgan fingerprint density at radius 2 is 1.07 bits per heavy atom. The van der Waals surface area contributed by atoms with Crippen molar-refractivity contribution in [1.29, 1.82) is 0 Å². The summed E-state index contributed by atoms with van der Waals surface area (Å²) in [6.07, 6.45) is 0. The maximum Gasteiger partial charge on any atom is 0.0468 e. The van der Waals surface area contributed by atoms with E-state index in [0.717, 1.165) is 16.4 Å². The molecule has 0 fully saturated rings. The van der Waals surface area contributed by atoms with Crippen LogP contribution in [-0.4, -0.2) is 0 Å². The number of fused-ring (bicyclic) bond motifs is 9. The van der Waals surface area contributed by atoms with Gasteiger partial charge in [0.15, 0.2) is 0 Å². The third kappa shape index (κ3) is 3.75. The lowest BCUT2D eigenvalue weighted by atomic mass is 9.82. The van der Waals surface area contributed by atoms with Gasteiger partial charge in [-0.2, -0.15) is 0 Å². The number of rotatable bonds is 3. The van der Waals surface area contributed by atoms with Crippen LogP contribution in [0.25, 0.3) is 51.5 Å². The van der Waals surface area contributed by atoms with Crippen LogP contribution in [0.4, 0.5) is 17.1 Å². The van der Waals surface area contributed by atoms with E-state index >= 15 is 0 Å². The second kappa shape index (κ2) is 9.17. The highest BCUT2D eigenvalue weighted by Gasteiger charge is 2.35. The number of hydrogen-bond acceptors (Lipinski definition) is 3. The van der Waals surface area contributed by atoms with Crippen molar-refractivity contribution >= 4 is 91.7 Å². The molecule has 0 radical (unpaired) electrons. The first-order valence-electron chi connectivity index (χ1n) is 14.5. The molecule has 9 rings (SSSR count). The monoisotopic (exact) mass is 607 g/mol. The van der Waals surface area contributed by atoms with Crippen molar-refractivity contribution in [3.63, 3.8) is 0 Å². The van der Waals surface area contributed by atoms with Crippen molar-refractivity contribution in [1.82, 2.24) is 0 Å². The molecule has 1 aliphatic rings. The molecule has 6 aromatic carbocycles. The minimum Gasteiger partial charge on any atom is -0.310 e. The summed E-state index contributed by atoms with van der Waals surface area (Å²) >= 11 is 10.0. The van der Waals surface area contributed by atoms with E-state index in [1.807, 2.05) is 17.4 Å². The molecule has 2 aromatic heterocycles. The predicted molar refractivity (Wildman–Crippen MR) is 189 cm³/mol. The molecule has 0 spiro atoms. The summed E-state index contributed by atoms with van der Waals surface area (Å²) in [6, 6.07) is 44.7. The molecule has 0 aliphatic heterocycles. The van der Waals surface area contributed by atoms with Crippen LogP contribution >= 0.6 is 34.3 Å². The largest absolute Gasteiger partial charge is 0.310 e. The van der Waals surface area contributed by atoms with Crippen LogP contribution in [0.3, 0.4) is 0 Å². The van der Waals surface area contributed by atoms with Gasteiger partial charge in [-0.3, -0.25) is 0 Å². The molecule has 0 amide bonds. The Morgan fingerprint density at radius 3 is 1.86 bits per heavy atom. The molecule has 206 valence electrons. The van der Waals surface area contributed by atoms with Crippen molar-refractivity contribution in [2.24, 2.45) is 0 Å². The highest BCUT2D eigenvalue weighted by Crippen LogP contribution is 2.51. The van der Waals surface area contributed by atoms with Crippen LogP contribution in [0.5, 0.6) is 0 Å². The third-order valence-corrected chi connectivity index (χ3v) is 11.6. The van der Waals surface area contributed by atoms with E-state index in [-0.39, 0.29) is 5.41 Å². The maximum atomic E-state index is 6.37. The van der Waals surface area contributed by atoms with Gasteiger partial charge in [0.2, 0.25) is 0 Å². The topological polar surface area (TPSA) is 3.24 Å². The lowest BCUT2D eigenvalue weighted by molar-refractivity contribution is 0.660. The van der Waals surface area contributed by atoms with Crippen molar-refractivity contribution < 1.29 is 0 Å². The summed E-state index contributed by atoms with van der Waals surface area (Å²) in [5.74, 6) is 0. The first-order valence-corrected chi connectivity index (χ1v) is 16.5. The lowest BCUT2D eigenvalue weighted by Gasteiger charge is -2.28. The van der Waals surface area contributed by atoms with Crippen LogP contribution in [0.2, 0.25) is 5.02 Å². The second-order valence-electron chi connectivity index (χ2n) is 11.9. The third-order valence-electron chi connectivity index (χ3n) is 9.12. The van der Waals surface area contributed by atoms with Gasteiger partial charge in [0.1, 0.15) is 0 Å². The van der Waals surface area contributed by atoms with Gasteiger partial charge < -0.3 is 4.90 Å². The zero-order chi connectivity index (χ0) is 28.9.